The lowest BCUT2D eigenvalue weighted by Crippen LogP contribution is -2.13. The van der Waals surface area contributed by atoms with E-state index in [-0.39, 0.29) is 6.73 Å². The Morgan fingerprint density at radius 1 is 1.19 bits per heavy atom. The molecule has 2 aromatic rings. The van der Waals surface area contributed by atoms with E-state index in [4.69, 9.17) is 16.3 Å². The van der Waals surface area contributed by atoms with Crippen LogP contribution in [0.4, 0.5) is 18.9 Å². The summed E-state index contributed by atoms with van der Waals surface area (Å²) >= 11 is 7.38. The van der Waals surface area contributed by atoms with Gasteiger partial charge in [-0.15, -0.1) is 16.4 Å². The molecule has 0 N–H and O–H groups in total. The highest BCUT2D eigenvalue weighted by molar-refractivity contribution is 7.12. The first-order valence-electron chi connectivity index (χ1n) is 5.85. The SMILES string of the molecule is FC(F)(F)c1ccc(N2COC(c3sccc3Cl)=N2)cc1. The van der Waals surface area contributed by atoms with Crippen LogP contribution < -0.4 is 5.01 Å². The van der Waals surface area contributed by atoms with Gasteiger partial charge < -0.3 is 4.74 Å². The quantitative estimate of drug-likeness (QED) is 0.804. The predicted molar refractivity (Wildman–Crippen MR) is 75.7 cm³/mol. The Hall–Kier alpha value is -1.73. The van der Waals surface area contributed by atoms with Crippen LogP contribution in [0.25, 0.3) is 0 Å². The van der Waals surface area contributed by atoms with Crippen molar-refractivity contribution in [2.24, 2.45) is 5.10 Å². The van der Waals surface area contributed by atoms with Gasteiger partial charge in [-0.05, 0) is 35.7 Å². The van der Waals surface area contributed by atoms with E-state index in [9.17, 15) is 13.2 Å². The maximum atomic E-state index is 12.5. The number of ether oxygens (including phenoxy) is 1. The summed E-state index contributed by atoms with van der Waals surface area (Å²) in [7, 11) is 0. The van der Waals surface area contributed by atoms with Crippen molar-refractivity contribution >= 4 is 34.5 Å². The topological polar surface area (TPSA) is 24.8 Å². The molecule has 0 radical (unpaired) electrons. The predicted octanol–water partition coefficient (Wildman–Crippen LogP) is 4.58. The fraction of sp³-hybridized carbons (Fsp3) is 0.154. The molecule has 1 aromatic carbocycles. The Balaban J connectivity index is 1.83. The van der Waals surface area contributed by atoms with Gasteiger partial charge in [0, 0.05) is 0 Å². The van der Waals surface area contributed by atoms with Crippen LogP contribution in [0.15, 0.2) is 40.8 Å². The Bertz CT molecular complexity index is 681. The number of hydrazone groups is 1. The first-order chi connectivity index (χ1) is 9.95. The normalized spacial score (nSPS) is 15.0. The van der Waals surface area contributed by atoms with Gasteiger partial charge in [0.05, 0.1) is 16.3 Å². The fourth-order valence-corrected chi connectivity index (χ4v) is 2.88. The van der Waals surface area contributed by atoms with E-state index in [1.165, 1.54) is 28.5 Å². The average molecular weight is 333 g/mol. The molecule has 0 atom stereocenters. The summed E-state index contributed by atoms with van der Waals surface area (Å²) in [5, 5.41) is 8.05. The molecule has 0 fully saturated rings. The van der Waals surface area contributed by atoms with Crippen LogP contribution in [0.2, 0.25) is 5.02 Å². The molecule has 0 unspecified atom stereocenters. The minimum Gasteiger partial charge on any atom is -0.452 e. The minimum absolute atomic E-state index is 0.134. The molecule has 2 heterocycles. The van der Waals surface area contributed by atoms with E-state index in [0.29, 0.717) is 21.5 Å². The summed E-state index contributed by atoms with van der Waals surface area (Å²) in [4.78, 5) is 0.700. The summed E-state index contributed by atoms with van der Waals surface area (Å²) in [6, 6.07) is 6.47. The van der Waals surface area contributed by atoms with Gasteiger partial charge in [0.2, 0.25) is 0 Å². The Morgan fingerprint density at radius 3 is 2.48 bits per heavy atom. The van der Waals surface area contributed by atoms with Crippen molar-refractivity contribution in [3.8, 4) is 0 Å². The fourth-order valence-electron chi connectivity index (χ4n) is 1.80. The van der Waals surface area contributed by atoms with E-state index in [1.54, 1.807) is 6.07 Å². The Labute approximate surface area is 127 Å². The third-order valence-corrected chi connectivity index (χ3v) is 4.17. The van der Waals surface area contributed by atoms with Crippen LogP contribution in [-0.2, 0) is 10.9 Å². The molecule has 1 aromatic heterocycles. The third kappa shape index (κ3) is 2.84. The van der Waals surface area contributed by atoms with Crippen molar-refractivity contribution in [1.82, 2.24) is 0 Å². The number of rotatable bonds is 2. The smallest absolute Gasteiger partial charge is 0.416 e. The highest BCUT2D eigenvalue weighted by Crippen LogP contribution is 2.32. The molecular formula is C13H8ClF3N2OS. The summed E-state index contributed by atoms with van der Waals surface area (Å²) in [6.07, 6.45) is -4.35. The van der Waals surface area contributed by atoms with Crippen LogP contribution in [0.3, 0.4) is 0 Å². The molecule has 110 valence electrons. The first kappa shape index (κ1) is 14.2. The van der Waals surface area contributed by atoms with Crippen molar-refractivity contribution in [3.05, 3.63) is 51.2 Å². The number of nitrogens with zero attached hydrogens (tertiary/aromatic N) is 2. The minimum atomic E-state index is -4.35. The van der Waals surface area contributed by atoms with Gasteiger partial charge in [0.15, 0.2) is 6.73 Å². The van der Waals surface area contributed by atoms with Crippen molar-refractivity contribution in [2.45, 2.75) is 6.18 Å². The highest BCUT2D eigenvalue weighted by Gasteiger charge is 2.30. The first-order valence-corrected chi connectivity index (χ1v) is 7.10. The maximum Gasteiger partial charge on any atom is 0.416 e. The molecule has 3 rings (SSSR count). The number of halogens is 4. The lowest BCUT2D eigenvalue weighted by molar-refractivity contribution is -0.137. The molecule has 0 bridgehead atoms. The zero-order valence-electron chi connectivity index (χ0n) is 10.4. The van der Waals surface area contributed by atoms with Gasteiger partial charge in [-0.2, -0.15) is 13.2 Å². The lowest BCUT2D eigenvalue weighted by atomic mass is 10.2. The number of benzene rings is 1. The molecular weight excluding hydrogens is 325 g/mol. The molecule has 0 saturated carbocycles. The third-order valence-electron chi connectivity index (χ3n) is 2.84. The summed E-state index contributed by atoms with van der Waals surface area (Å²) in [5.41, 5.74) is -0.178. The van der Waals surface area contributed by atoms with Crippen LogP contribution in [0, 0.1) is 0 Å². The number of anilines is 1. The summed E-state index contributed by atoms with van der Waals surface area (Å²) in [6.45, 7) is 0.134. The highest BCUT2D eigenvalue weighted by atomic mass is 35.5. The lowest BCUT2D eigenvalue weighted by Gasteiger charge is -2.12. The van der Waals surface area contributed by atoms with Gasteiger partial charge in [-0.25, -0.2) is 5.01 Å². The van der Waals surface area contributed by atoms with E-state index >= 15 is 0 Å². The standard InChI is InChI=1S/C13H8ClF3N2OS/c14-10-5-6-21-11(10)12-18-19(7-20-12)9-3-1-8(2-4-9)13(15,16)17/h1-6H,7H2. The molecule has 1 aliphatic heterocycles. The molecule has 21 heavy (non-hydrogen) atoms. The van der Waals surface area contributed by atoms with Crippen molar-refractivity contribution in [2.75, 3.05) is 11.7 Å². The van der Waals surface area contributed by atoms with Gasteiger partial charge in [0.1, 0.15) is 4.88 Å². The van der Waals surface area contributed by atoms with E-state index in [1.807, 2.05) is 5.38 Å². The summed E-state index contributed by atoms with van der Waals surface area (Å²) in [5.74, 6) is 0.370. The largest absolute Gasteiger partial charge is 0.452 e. The van der Waals surface area contributed by atoms with Crippen molar-refractivity contribution in [1.29, 1.82) is 0 Å². The molecule has 0 amide bonds. The number of alkyl halides is 3. The van der Waals surface area contributed by atoms with Crippen LogP contribution in [0.1, 0.15) is 10.4 Å². The Kier molecular flexibility index (Phi) is 3.54. The number of thiophene rings is 1. The molecule has 0 spiro atoms. The molecule has 0 saturated heterocycles. The second-order valence-corrected chi connectivity index (χ2v) is 5.54. The van der Waals surface area contributed by atoms with Gasteiger partial charge >= 0.3 is 6.18 Å². The van der Waals surface area contributed by atoms with Gasteiger partial charge in [-0.1, -0.05) is 11.6 Å². The Morgan fingerprint density at radius 2 is 1.90 bits per heavy atom. The summed E-state index contributed by atoms with van der Waals surface area (Å²) < 4.78 is 43.0. The van der Waals surface area contributed by atoms with Crippen LogP contribution in [0.5, 0.6) is 0 Å². The van der Waals surface area contributed by atoms with Crippen molar-refractivity contribution in [3.63, 3.8) is 0 Å². The van der Waals surface area contributed by atoms with E-state index in [0.717, 1.165) is 12.1 Å². The molecule has 1 aliphatic rings. The average Bonchev–Trinajstić information content (AvgIpc) is 3.06. The second-order valence-electron chi connectivity index (χ2n) is 4.22. The number of hydrogen-bond acceptors (Lipinski definition) is 4. The van der Waals surface area contributed by atoms with Gasteiger partial charge in [-0.3, -0.25) is 0 Å². The monoisotopic (exact) mass is 332 g/mol. The van der Waals surface area contributed by atoms with Gasteiger partial charge in [0.25, 0.3) is 5.90 Å². The zero-order valence-corrected chi connectivity index (χ0v) is 12.0. The van der Waals surface area contributed by atoms with E-state index < -0.39 is 11.7 Å². The molecule has 8 heteroatoms. The number of hydrogen-bond donors (Lipinski definition) is 0. The molecule has 0 aliphatic carbocycles. The van der Waals surface area contributed by atoms with Crippen LogP contribution >= 0.6 is 22.9 Å². The van der Waals surface area contributed by atoms with E-state index in [2.05, 4.69) is 5.10 Å². The van der Waals surface area contributed by atoms with Crippen molar-refractivity contribution < 1.29 is 17.9 Å². The zero-order chi connectivity index (χ0) is 15.0. The van der Waals surface area contributed by atoms with Crippen LogP contribution in [-0.4, -0.2) is 12.6 Å². The maximum absolute atomic E-state index is 12.5. The second kappa shape index (κ2) is 5.23. The molecule has 3 nitrogen and oxygen atoms in total.